The molecule has 4 aliphatic carbocycles. The van der Waals surface area contributed by atoms with Crippen LogP contribution in [0, 0.1) is 40.4 Å². The molecule has 0 radical (unpaired) electrons. The standard InChI is InChI=1S/C25H38O6/c1-14(26)30-13-22(29)20-8-7-19-18-6-5-16-11-17(31-15(2)27)9-10-24(16,3)23(18)21(28)12-25(19,20)4/h16-21,23,28H,5-13H2,1-4H3/t16-,17-,18?,19?,20-,21+,23?,24+,25+/m1/s1. The lowest BCUT2D eigenvalue weighted by molar-refractivity contribution is -0.185. The molecule has 4 fully saturated rings. The molecule has 4 saturated carbocycles. The Bertz CT molecular complexity index is 748. The zero-order valence-electron chi connectivity index (χ0n) is 19.4. The molecule has 0 spiro atoms. The molecule has 6 heteroatoms. The monoisotopic (exact) mass is 434 g/mol. The second kappa shape index (κ2) is 8.17. The van der Waals surface area contributed by atoms with E-state index in [-0.39, 0.29) is 47.1 Å². The van der Waals surface area contributed by atoms with Gasteiger partial charge in [-0.1, -0.05) is 13.8 Å². The lowest BCUT2D eigenvalue weighted by Gasteiger charge is -2.62. The maximum atomic E-state index is 12.9. The smallest absolute Gasteiger partial charge is 0.303 e. The highest BCUT2D eigenvalue weighted by molar-refractivity contribution is 5.85. The average Bonchev–Trinajstić information content (AvgIpc) is 3.02. The fraction of sp³-hybridized carbons (Fsp3) is 0.880. The van der Waals surface area contributed by atoms with E-state index < -0.39 is 12.1 Å². The molecule has 0 saturated heterocycles. The van der Waals surface area contributed by atoms with E-state index in [1.807, 2.05) is 0 Å². The van der Waals surface area contributed by atoms with Crippen LogP contribution in [-0.4, -0.2) is 41.6 Å². The summed E-state index contributed by atoms with van der Waals surface area (Å²) in [4.78, 5) is 35.5. The van der Waals surface area contributed by atoms with Crippen molar-refractivity contribution in [3.8, 4) is 0 Å². The highest BCUT2D eigenvalue weighted by Crippen LogP contribution is 2.67. The van der Waals surface area contributed by atoms with Gasteiger partial charge >= 0.3 is 11.9 Å². The van der Waals surface area contributed by atoms with Crippen LogP contribution in [0.25, 0.3) is 0 Å². The van der Waals surface area contributed by atoms with Gasteiger partial charge in [-0.25, -0.2) is 0 Å². The van der Waals surface area contributed by atoms with Crippen LogP contribution in [0.1, 0.15) is 79.1 Å². The Morgan fingerprint density at radius 1 is 0.968 bits per heavy atom. The zero-order valence-corrected chi connectivity index (χ0v) is 19.4. The van der Waals surface area contributed by atoms with Crippen LogP contribution < -0.4 is 0 Å². The first-order chi connectivity index (χ1) is 14.6. The van der Waals surface area contributed by atoms with Crippen LogP contribution in [0.4, 0.5) is 0 Å². The Balaban J connectivity index is 1.53. The molecule has 0 aromatic carbocycles. The molecule has 0 aliphatic heterocycles. The van der Waals surface area contributed by atoms with E-state index >= 15 is 0 Å². The van der Waals surface area contributed by atoms with Gasteiger partial charge in [0.15, 0.2) is 5.78 Å². The summed E-state index contributed by atoms with van der Waals surface area (Å²) in [5.74, 6) is 0.797. The van der Waals surface area contributed by atoms with Crippen molar-refractivity contribution in [2.75, 3.05) is 6.61 Å². The van der Waals surface area contributed by atoms with Crippen molar-refractivity contribution < 1.29 is 29.0 Å². The van der Waals surface area contributed by atoms with Crippen molar-refractivity contribution in [2.45, 2.75) is 91.3 Å². The molecular weight excluding hydrogens is 396 g/mol. The van der Waals surface area contributed by atoms with Gasteiger partial charge in [0.1, 0.15) is 12.7 Å². The fourth-order valence-corrected chi connectivity index (χ4v) is 8.49. The molecule has 9 atom stereocenters. The number of aliphatic hydroxyl groups excluding tert-OH is 1. The fourth-order valence-electron chi connectivity index (χ4n) is 8.49. The second-order valence-electron chi connectivity index (χ2n) is 11.2. The first kappa shape index (κ1) is 22.8. The van der Waals surface area contributed by atoms with Crippen molar-refractivity contribution in [2.24, 2.45) is 40.4 Å². The van der Waals surface area contributed by atoms with Crippen molar-refractivity contribution >= 4 is 17.7 Å². The molecule has 4 rings (SSSR count). The molecule has 174 valence electrons. The summed E-state index contributed by atoms with van der Waals surface area (Å²) in [6, 6.07) is 0. The molecule has 31 heavy (non-hydrogen) atoms. The van der Waals surface area contributed by atoms with Gasteiger partial charge in [-0.2, -0.15) is 0 Å². The van der Waals surface area contributed by atoms with E-state index in [1.54, 1.807) is 0 Å². The number of ether oxygens (including phenoxy) is 2. The van der Waals surface area contributed by atoms with E-state index in [1.165, 1.54) is 13.8 Å². The average molecular weight is 435 g/mol. The Kier molecular flexibility index (Phi) is 5.99. The summed E-state index contributed by atoms with van der Waals surface area (Å²) >= 11 is 0. The third-order valence-corrected chi connectivity index (χ3v) is 9.68. The maximum Gasteiger partial charge on any atom is 0.303 e. The van der Waals surface area contributed by atoms with E-state index in [0.717, 1.165) is 44.9 Å². The lowest BCUT2D eigenvalue weighted by atomic mass is 9.44. The van der Waals surface area contributed by atoms with Gasteiger partial charge in [-0.3, -0.25) is 14.4 Å². The number of carbonyl (C=O) groups excluding carboxylic acids is 3. The third-order valence-electron chi connectivity index (χ3n) is 9.68. The van der Waals surface area contributed by atoms with Crippen LogP contribution in [0.2, 0.25) is 0 Å². The van der Waals surface area contributed by atoms with Crippen molar-refractivity contribution in [1.82, 2.24) is 0 Å². The van der Waals surface area contributed by atoms with Crippen LogP contribution >= 0.6 is 0 Å². The quantitative estimate of drug-likeness (QED) is 0.679. The van der Waals surface area contributed by atoms with Crippen LogP contribution in [-0.2, 0) is 23.9 Å². The number of ketones is 1. The molecule has 3 unspecified atom stereocenters. The van der Waals surface area contributed by atoms with Crippen molar-refractivity contribution in [3.05, 3.63) is 0 Å². The van der Waals surface area contributed by atoms with Gasteiger partial charge in [0, 0.05) is 19.8 Å². The number of aliphatic hydroxyl groups is 1. The predicted molar refractivity (Wildman–Crippen MR) is 114 cm³/mol. The first-order valence-electron chi connectivity index (χ1n) is 12.1. The SMILES string of the molecule is CC(=O)OCC(=O)[C@H]1CCC2C3CC[C@@H]4C[C@H](OC(C)=O)CC[C@]4(C)C3[C@@H](O)C[C@@]21C. The molecule has 0 heterocycles. The topological polar surface area (TPSA) is 89.9 Å². The van der Waals surface area contributed by atoms with E-state index in [9.17, 15) is 19.5 Å². The van der Waals surface area contributed by atoms with Gasteiger partial charge in [0.05, 0.1) is 6.10 Å². The minimum absolute atomic E-state index is 0.00707. The Labute approximate surface area is 185 Å². The van der Waals surface area contributed by atoms with Crippen LogP contribution in [0.15, 0.2) is 0 Å². The number of fused-ring (bicyclic) bond motifs is 5. The molecule has 4 aliphatic rings. The van der Waals surface area contributed by atoms with E-state index in [0.29, 0.717) is 24.2 Å². The van der Waals surface area contributed by atoms with Crippen LogP contribution in [0.5, 0.6) is 0 Å². The second-order valence-corrected chi connectivity index (χ2v) is 11.2. The number of carbonyl (C=O) groups is 3. The zero-order chi connectivity index (χ0) is 22.6. The third kappa shape index (κ3) is 3.83. The van der Waals surface area contributed by atoms with Gasteiger partial charge < -0.3 is 14.6 Å². The Morgan fingerprint density at radius 2 is 1.71 bits per heavy atom. The highest BCUT2D eigenvalue weighted by Gasteiger charge is 2.64. The van der Waals surface area contributed by atoms with Gasteiger partial charge in [-0.05, 0) is 85.9 Å². The van der Waals surface area contributed by atoms with Crippen molar-refractivity contribution in [1.29, 1.82) is 0 Å². The molecule has 0 aromatic heterocycles. The van der Waals surface area contributed by atoms with Crippen LogP contribution in [0.3, 0.4) is 0 Å². The molecule has 1 N–H and O–H groups in total. The minimum Gasteiger partial charge on any atom is -0.463 e. The minimum atomic E-state index is -0.425. The van der Waals surface area contributed by atoms with Gasteiger partial charge in [-0.15, -0.1) is 0 Å². The summed E-state index contributed by atoms with van der Waals surface area (Å²) in [7, 11) is 0. The normalized spacial score (nSPS) is 46.3. The predicted octanol–water partition coefficient (Wildman–Crippen LogP) is 3.68. The number of Topliss-reactive ketones (excluding diaryl/α,β-unsaturated/α-hetero) is 1. The maximum absolute atomic E-state index is 12.9. The lowest BCUT2D eigenvalue weighted by Crippen LogP contribution is -2.59. The number of hydrogen-bond acceptors (Lipinski definition) is 6. The van der Waals surface area contributed by atoms with Gasteiger partial charge in [0.25, 0.3) is 0 Å². The molecular formula is C25H38O6. The molecule has 0 amide bonds. The number of rotatable bonds is 4. The molecule has 0 bridgehead atoms. The highest BCUT2D eigenvalue weighted by atomic mass is 16.5. The Hall–Kier alpha value is -1.43. The first-order valence-corrected chi connectivity index (χ1v) is 12.1. The summed E-state index contributed by atoms with van der Waals surface area (Å²) in [5, 5.41) is 11.5. The number of esters is 2. The molecule has 0 aromatic rings. The summed E-state index contributed by atoms with van der Waals surface area (Å²) in [6.45, 7) is 7.20. The summed E-state index contributed by atoms with van der Waals surface area (Å²) < 4.78 is 10.6. The van der Waals surface area contributed by atoms with E-state index in [4.69, 9.17) is 9.47 Å². The van der Waals surface area contributed by atoms with Crippen molar-refractivity contribution in [3.63, 3.8) is 0 Å². The Morgan fingerprint density at radius 3 is 2.39 bits per heavy atom. The molecule has 6 nitrogen and oxygen atoms in total. The number of hydrogen-bond donors (Lipinski definition) is 1. The summed E-state index contributed by atoms with van der Waals surface area (Å²) in [6.07, 6.45) is 6.98. The summed E-state index contributed by atoms with van der Waals surface area (Å²) in [5.41, 5.74) is -0.171. The van der Waals surface area contributed by atoms with E-state index in [2.05, 4.69) is 13.8 Å². The van der Waals surface area contributed by atoms with Gasteiger partial charge in [0.2, 0.25) is 0 Å². The largest absolute Gasteiger partial charge is 0.463 e.